The maximum Gasteiger partial charge on any atom is 0.264 e. The van der Waals surface area contributed by atoms with Crippen LogP contribution in [0.3, 0.4) is 0 Å². The predicted octanol–water partition coefficient (Wildman–Crippen LogP) is 4.50. The van der Waals surface area contributed by atoms with Gasteiger partial charge in [0.1, 0.15) is 0 Å². The van der Waals surface area contributed by atoms with E-state index in [-0.39, 0.29) is 23.3 Å². The molecule has 0 fully saturated rings. The molecule has 0 aliphatic heterocycles. The number of hydrogen-bond donors (Lipinski definition) is 1. The van der Waals surface area contributed by atoms with Gasteiger partial charge in [-0.2, -0.15) is 0 Å². The summed E-state index contributed by atoms with van der Waals surface area (Å²) in [7, 11) is -2.10. The zero-order valence-electron chi connectivity index (χ0n) is 18.8. The second-order valence-electron chi connectivity index (χ2n) is 8.12. The fourth-order valence-electron chi connectivity index (χ4n) is 3.44. The Morgan fingerprint density at radius 3 is 2.16 bits per heavy atom. The zero-order valence-corrected chi connectivity index (χ0v) is 19.6. The van der Waals surface area contributed by atoms with Gasteiger partial charge >= 0.3 is 0 Å². The van der Waals surface area contributed by atoms with Gasteiger partial charge in [0.25, 0.3) is 10.0 Å². The van der Waals surface area contributed by atoms with Crippen molar-refractivity contribution in [3.8, 4) is 0 Å². The van der Waals surface area contributed by atoms with Crippen LogP contribution in [0.2, 0.25) is 0 Å². The summed E-state index contributed by atoms with van der Waals surface area (Å²) in [5.74, 6) is -0.0426. The van der Waals surface area contributed by atoms with Crippen LogP contribution in [0.25, 0.3) is 0 Å². The van der Waals surface area contributed by atoms with Crippen LogP contribution in [-0.4, -0.2) is 27.4 Å². The maximum atomic E-state index is 12.9. The molecule has 5 nitrogen and oxygen atoms in total. The molecule has 0 radical (unpaired) electrons. The standard InChI is InChI=1S/C26H30N2O3S/c1-20-9-17-25(18-10-20)32(30,31)28(3)24-15-13-23(14-16-24)19-26(29)27-21(2)11-12-22-7-5-4-6-8-22/h4-10,13-18,21H,11-12,19H2,1-3H3,(H,27,29). The van der Waals surface area contributed by atoms with Crippen LogP contribution in [0.1, 0.15) is 30.0 Å². The van der Waals surface area contributed by atoms with Gasteiger partial charge in [-0.1, -0.05) is 60.2 Å². The van der Waals surface area contributed by atoms with Crippen molar-refractivity contribution in [2.75, 3.05) is 11.4 Å². The molecule has 3 aromatic carbocycles. The summed E-state index contributed by atoms with van der Waals surface area (Å²) in [6, 6.07) is 24.1. The van der Waals surface area contributed by atoms with E-state index in [2.05, 4.69) is 17.4 Å². The minimum atomic E-state index is -3.64. The van der Waals surface area contributed by atoms with Crippen molar-refractivity contribution in [2.45, 2.75) is 44.0 Å². The quantitative estimate of drug-likeness (QED) is 0.522. The fraction of sp³-hybridized carbons (Fsp3) is 0.269. The molecule has 1 atom stereocenters. The van der Waals surface area contributed by atoms with E-state index in [1.54, 1.807) is 48.5 Å². The molecule has 0 aliphatic rings. The highest BCUT2D eigenvalue weighted by atomic mass is 32.2. The first-order valence-corrected chi connectivity index (χ1v) is 12.2. The monoisotopic (exact) mass is 450 g/mol. The molecule has 168 valence electrons. The molecule has 0 saturated carbocycles. The van der Waals surface area contributed by atoms with Gasteiger partial charge in [-0.15, -0.1) is 0 Å². The average Bonchev–Trinajstić information content (AvgIpc) is 2.78. The molecule has 1 unspecified atom stereocenters. The summed E-state index contributed by atoms with van der Waals surface area (Å²) in [5, 5.41) is 3.04. The molecule has 1 N–H and O–H groups in total. The molecular formula is C26H30N2O3S. The molecule has 0 spiro atoms. The lowest BCUT2D eigenvalue weighted by molar-refractivity contribution is -0.121. The highest BCUT2D eigenvalue weighted by molar-refractivity contribution is 7.92. The van der Waals surface area contributed by atoms with E-state index in [0.29, 0.717) is 5.69 Å². The molecule has 0 aromatic heterocycles. The van der Waals surface area contributed by atoms with Crippen molar-refractivity contribution in [2.24, 2.45) is 0 Å². The van der Waals surface area contributed by atoms with E-state index in [1.165, 1.54) is 16.9 Å². The van der Waals surface area contributed by atoms with Gasteiger partial charge in [0.15, 0.2) is 0 Å². The third-order valence-corrected chi connectivity index (χ3v) is 7.26. The molecule has 3 aromatic rings. The molecule has 0 heterocycles. The van der Waals surface area contributed by atoms with Crippen LogP contribution in [0.5, 0.6) is 0 Å². The number of anilines is 1. The third-order valence-electron chi connectivity index (χ3n) is 5.46. The third kappa shape index (κ3) is 6.20. The van der Waals surface area contributed by atoms with Gasteiger partial charge in [-0.3, -0.25) is 9.10 Å². The first-order chi connectivity index (χ1) is 15.3. The number of amides is 1. The van der Waals surface area contributed by atoms with Crippen molar-refractivity contribution in [1.29, 1.82) is 0 Å². The van der Waals surface area contributed by atoms with Crippen LogP contribution in [0, 0.1) is 6.92 Å². The minimum Gasteiger partial charge on any atom is -0.353 e. The average molecular weight is 451 g/mol. The number of carbonyl (C=O) groups is 1. The smallest absolute Gasteiger partial charge is 0.264 e. The highest BCUT2D eigenvalue weighted by Crippen LogP contribution is 2.23. The zero-order chi connectivity index (χ0) is 23.1. The number of benzene rings is 3. The number of sulfonamides is 1. The molecule has 0 aliphatic carbocycles. The number of nitrogens with zero attached hydrogens (tertiary/aromatic N) is 1. The van der Waals surface area contributed by atoms with Crippen LogP contribution in [-0.2, 0) is 27.7 Å². The highest BCUT2D eigenvalue weighted by Gasteiger charge is 2.21. The van der Waals surface area contributed by atoms with Crippen LogP contribution in [0.15, 0.2) is 83.8 Å². The molecule has 6 heteroatoms. The Morgan fingerprint density at radius 2 is 1.53 bits per heavy atom. The largest absolute Gasteiger partial charge is 0.353 e. The Morgan fingerprint density at radius 1 is 0.906 bits per heavy atom. The Hall–Kier alpha value is -3.12. The van der Waals surface area contributed by atoms with Crippen LogP contribution >= 0.6 is 0 Å². The number of aryl methyl sites for hydroxylation is 2. The van der Waals surface area contributed by atoms with E-state index >= 15 is 0 Å². The number of hydrogen-bond acceptors (Lipinski definition) is 3. The Balaban J connectivity index is 1.55. The summed E-state index contributed by atoms with van der Waals surface area (Å²) in [5.41, 5.74) is 3.64. The number of rotatable bonds is 9. The Bertz CT molecular complexity index is 1130. The lowest BCUT2D eigenvalue weighted by atomic mass is 10.1. The van der Waals surface area contributed by atoms with Crippen molar-refractivity contribution >= 4 is 21.6 Å². The molecule has 32 heavy (non-hydrogen) atoms. The van der Waals surface area contributed by atoms with Crippen molar-refractivity contribution in [1.82, 2.24) is 5.32 Å². The van der Waals surface area contributed by atoms with Gasteiger partial charge < -0.3 is 5.32 Å². The molecule has 0 saturated heterocycles. The SMILES string of the molecule is Cc1ccc(S(=O)(=O)N(C)c2ccc(CC(=O)NC(C)CCc3ccccc3)cc2)cc1. The van der Waals surface area contributed by atoms with Crippen LogP contribution < -0.4 is 9.62 Å². The maximum absolute atomic E-state index is 12.9. The van der Waals surface area contributed by atoms with Gasteiger partial charge in [0.2, 0.25) is 5.91 Å². The lowest BCUT2D eigenvalue weighted by Gasteiger charge is -2.20. The summed E-state index contributed by atoms with van der Waals surface area (Å²) in [6.45, 7) is 3.92. The normalized spacial score (nSPS) is 12.2. The summed E-state index contributed by atoms with van der Waals surface area (Å²) in [6.07, 6.45) is 2.04. The van der Waals surface area contributed by atoms with Gasteiger partial charge in [0.05, 0.1) is 17.0 Å². The molecule has 3 rings (SSSR count). The molecular weight excluding hydrogens is 420 g/mol. The van der Waals surface area contributed by atoms with E-state index in [4.69, 9.17) is 0 Å². The summed E-state index contributed by atoms with van der Waals surface area (Å²) >= 11 is 0. The fourth-order valence-corrected chi connectivity index (χ4v) is 4.64. The molecule has 0 bridgehead atoms. The number of carbonyl (C=O) groups excluding carboxylic acids is 1. The predicted molar refractivity (Wildman–Crippen MR) is 129 cm³/mol. The first kappa shape index (κ1) is 23.5. The molecule has 1 amide bonds. The van der Waals surface area contributed by atoms with E-state index in [1.807, 2.05) is 32.0 Å². The van der Waals surface area contributed by atoms with Crippen molar-refractivity contribution in [3.63, 3.8) is 0 Å². The van der Waals surface area contributed by atoms with Gasteiger partial charge in [-0.25, -0.2) is 8.42 Å². The van der Waals surface area contributed by atoms with Gasteiger partial charge in [0, 0.05) is 13.1 Å². The minimum absolute atomic E-state index is 0.0426. The topological polar surface area (TPSA) is 66.5 Å². The lowest BCUT2D eigenvalue weighted by Crippen LogP contribution is -2.34. The van der Waals surface area contributed by atoms with Crippen LogP contribution in [0.4, 0.5) is 5.69 Å². The van der Waals surface area contributed by atoms with E-state index in [0.717, 1.165) is 24.0 Å². The van der Waals surface area contributed by atoms with E-state index in [9.17, 15) is 13.2 Å². The number of nitrogens with one attached hydrogen (secondary N) is 1. The summed E-state index contributed by atoms with van der Waals surface area (Å²) in [4.78, 5) is 12.7. The van der Waals surface area contributed by atoms with Crippen molar-refractivity contribution < 1.29 is 13.2 Å². The van der Waals surface area contributed by atoms with E-state index < -0.39 is 10.0 Å². The van der Waals surface area contributed by atoms with Gasteiger partial charge in [-0.05, 0) is 62.1 Å². The second kappa shape index (κ2) is 10.5. The Labute approximate surface area is 191 Å². The van der Waals surface area contributed by atoms with Crippen molar-refractivity contribution in [3.05, 3.63) is 95.6 Å². The second-order valence-corrected chi connectivity index (χ2v) is 10.1. The summed E-state index contributed by atoms with van der Waals surface area (Å²) < 4.78 is 27.0. The Kier molecular flexibility index (Phi) is 7.70. The first-order valence-electron chi connectivity index (χ1n) is 10.7.